The average Bonchev–Trinajstić information content (AvgIpc) is 2.46. The number of aliphatic hydroxyl groups excluding tert-OH is 1. The first-order valence-electron chi connectivity index (χ1n) is 7.23. The summed E-state index contributed by atoms with van der Waals surface area (Å²) in [7, 11) is 1.44. The first-order chi connectivity index (χ1) is 9.22. The van der Waals surface area contributed by atoms with Gasteiger partial charge in [0.25, 0.3) is 0 Å². The molecule has 1 aromatic carbocycles. The normalized spacial score (nSPS) is 18.3. The SMILES string of the molecule is COc1cccc(C(O)CCC2CCCCC2)c1F. The van der Waals surface area contributed by atoms with Crippen LogP contribution in [0, 0.1) is 11.7 Å². The molecule has 1 saturated carbocycles. The lowest BCUT2D eigenvalue weighted by atomic mass is 9.85. The van der Waals surface area contributed by atoms with E-state index in [1.54, 1.807) is 18.2 Å². The molecule has 0 radical (unpaired) electrons. The molecule has 19 heavy (non-hydrogen) atoms. The maximum absolute atomic E-state index is 14.0. The average molecular weight is 266 g/mol. The number of methoxy groups -OCH3 is 1. The second-order valence-electron chi connectivity index (χ2n) is 5.46. The Morgan fingerprint density at radius 2 is 2.05 bits per heavy atom. The quantitative estimate of drug-likeness (QED) is 0.864. The summed E-state index contributed by atoms with van der Waals surface area (Å²) in [5.74, 6) is 0.479. The van der Waals surface area contributed by atoms with Gasteiger partial charge in [-0.1, -0.05) is 44.2 Å². The number of benzene rings is 1. The van der Waals surface area contributed by atoms with Crippen molar-refractivity contribution in [3.63, 3.8) is 0 Å². The van der Waals surface area contributed by atoms with Crippen LogP contribution in [0.25, 0.3) is 0 Å². The van der Waals surface area contributed by atoms with Crippen molar-refractivity contribution in [3.05, 3.63) is 29.6 Å². The maximum Gasteiger partial charge on any atom is 0.170 e. The van der Waals surface area contributed by atoms with Gasteiger partial charge in [-0.3, -0.25) is 0 Å². The summed E-state index contributed by atoms with van der Waals surface area (Å²) in [6.07, 6.45) is 7.34. The van der Waals surface area contributed by atoms with Crippen LogP contribution < -0.4 is 4.74 Å². The lowest BCUT2D eigenvalue weighted by Crippen LogP contribution is -2.09. The minimum Gasteiger partial charge on any atom is -0.494 e. The van der Waals surface area contributed by atoms with Crippen LogP contribution in [0.4, 0.5) is 4.39 Å². The molecule has 3 heteroatoms. The summed E-state index contributed by atoms with van der Waals surface area (Å²) >= 11 is 0. The zero-order valence-corrected chi connectivity index (χ0v) is 11.6. The van der Waals surface area contributed by atoms with Crippen molar-refractivity contribution < 1.29 is 14.2 Å². The molecule has 0 saturated heterocycles. The van der Waals surface area contributed by atoms with Crippen molar-refractivity contribution in [3.8, 4) is 5.75 Å². The number of hydrogen-bond acceptors (Lipinski definition) is 2. The van der Waals surface area contributed by atoms with Crippen LogP contribution in [0.15, 0.2) is 18.2 Å². The van der Waals surface area contributed by atoms with Crippen molar-refractivity contribution in [2.45, 2.75) is 51.0 Å². The van der Waals surface area contributed by atoms with E-state index in [4.69, 9.17) is 4.74 Å². The third-order valence-electron chi connectivity index (χ3n) is 4.15. The summed E-state index contributed by atoms with van der Waals surface area (Å²) in [5, 5.41) is 10.2. The molecule has 0 amide bonds. The number of rotatable bonds is 5. The smallest absolute Gasteiger partial charge is 0.170 e. The highest BCUT2D eigenvalue weighted by Crippen LogP contribution is 2.32. The van der Waals surface area contributed by atoms with Crippen LogP contribution in [0.5, 0.6) is 5.75 Å². The standard InChI is InChI=1S/C16H23FO2/c1-19-15-9-5-8-13(16(15)17)14(18)11-10-12-6-3-2-4-7-12/h5,8-9,12,14,18H,2-4,6-7,10-11H2,1H3. The Kier molecular flexibility index (Phi) is 5.20. The van der Waals surface area contributed by atoms with Gasteiger partial charge in [-0.05, 0) is 24.8 Å². The molecule has 1 aromatic rings. The van der Waals surface area contributed by atoms with Crippen molar-refractivity contribution >= 4 is 0 Å². The monoisotopic (exact) mass is 266 g/mol. The fraction of sp³-hybridized carbons (Fsp3) is 0.625. The minimum atomic E-state index is -0.725. The summed E-state index contributed by atoms with van der Waals surface area (Å²) in [6.45, 7) is 0. The first kappa shape index (κ1) is 14.3. The fourth-order valence-corrected chi connectivity index (χ4v) is 2.97. The highest BCUT2D eigenvalue weighted by molar-refractivity contribution is 5.32. The molecule has 0 spiro atoms. The number of ether oxygens (including phenoxy) is 1. The summed E-state index contributed by atoms with van der Waals surface area (Å²) in [5.41, 5.74) is 0.357. The van der Waals surface area contributed by atoms with E-state index in [1.165, 1.54) is 39.2 Å². The van der Waals surface area contributed by atoms with Crippen molar-refractivity contribution in [1.82, 2.24) is 0 Å². The first-order valence-corrected chi connectivity index (χ1v) is 7.23. The second kappa shape index (κ2) is 6.90. The Balaban J connectivity index is 1.93. The number of aliphatic hydroxyl groups is 1. The van der Waals surface area contributed by atoms with E-state index in [1.807, 2.05) is 0 Å². The molecule has 0 aliphatic heterocycles. The van der Waals surface area contributed by atoms with E-state index in [9.17, 15) is 9.50 Å². The van der Waals surface area contributed by atoms with Gasteiger partial charge in [0.15, 0.2) is 11.6 Å². The predicted octanol–water partition coefficient (Wildman–Crippen LogP) is 4.23. The topological polar surface area (TPSA) is 29.5 Å². The lowest BCUT2D eigenvalue weighted by molar-refractivity contribution is 0.146. The fourth-order valence-electron chi connectivity index (χ4n) is 2.97. The van der Waals surface area contributed by atoms with Gasteiger partial charge in [0.2, 0.25) is 0 Å². The molecule has 0 heterocycles. The second-order valence-corrected chi connectivity index (χ2v) is 5.46. The predicted molar refractivity (Wildman–Crippen MR) is 73.7 cm³/mol. The molecule has 1 N–H and O–H groups in total. The zero-order valence-electron chi connectivity index (χ0n) is 11.6. The molecule has 1 aliphatic carbocycles. The van der Waals surface area contributed by atoms with Gasteiger partial charge in [0, 0.05) is 5.56 Å². The van der Waals surface area contributed by atoms with Crippen LogP contribution in [0.2, 0.25) is 0 Å². The Morgan fingerprint density at radius 1 is 1.32 bits per heavy atom. The summed E-state index contributed by atoms with van der Waals surface area (Å²) in [6, 6.07) is 4.94. The highest BCUT2D eigenvalue weighted by Gasteiger charge is 2.19. The van der Waals surface area contributed by atoms with Crippen LogP contribution in [-0.2, 0) is 0 Å². The van der Waals surface area contributed by atoms with Gasteiger partial charge in [0.05, 0.1) is 13.2 Å². The highest BCUT2D eigenvalue weighted by atomic mass is 19.1. The molecule has 1 atom stereocenters. The number of hydrogen-bond donors (Lipinski definition) is 1. The number of halogens is 1. The Hall–Kier alpha value is -1.09. The molecule has 2 rings (SSSR count). The van der Waals surface area contributed by atoms with Crippen LogP contribution in [0.3, 0.4) is 0 Å². The van der Waals surface area contributed by atoms with E-state index in [-0.39, 0.29) is 5.75 Å². The molecule has 106 valence electrons. The molecular formula is C16H23FO2. The van der Waals surface area contributed by atoms with Gasteiger partial charge < -0.3 is 9.84 Å². The van der Waals surface area contributed by atoms with Gasteiger partial charge >= 0.3 is 0 Å². The van der Waals surface area contributed by atoms with Gasteiger partial charge in [-0.25, -0.2) is 4.39 Å². The van der Waals surface area contributed by atoms with E-state index in [2.05, 4.69) is 0 Å². The Labute approximate surface area is 114 Å². The van der Waals surface area contributed by atoms with E-state index >= 15 is 0 Å². The van der Waals surface area contributed by atoms with Crippen molar-refractivity contribution in [1.29, 1.82) is 0 Å². The lowest BCUT2D eigenvalue weighted by Gasteiger charge is -2.23. The van der Waals surface area contributed by atoms with Gasteiger partial charge in [-0.15, -0.1) is 0 Å². The van der Waals surface area contributed by atoms with E-state index in [0.717, 1.165) is 6.42 Å². The minimum absolute atomic E-state index is 0.203. The summed E-state index contributed by atoms with van der Waals surface area (Å²) < 4.78 is 18.9. The molecular weight excluding hydrogens is 243 g/mol. The molecule has 0 aromatic heterocycles. The largest absolute Gasteiger partial charge is 0.494 e. The third kappa shape index (κ3) is 3.69. The Bertz CT molecular complexity index is 400. The molecule has 1 unspecified atom stereocenters. The molecule has 2 nitrogen and oxygen atoms in total. The third-order valence-corrected chi connectivity index (χ3v) is 4.15. The van der Waals surface area contributed by atoms with Crippen LogP contribution in [0.1, 0.15) is 56.6 Å². The zero-order chi connectivity index (χ0) is 13.7. The molecule has 1 fully saturated rings. The van der Waals surface area contributed by atoms with Crippen LogP contribution in [-0.4, -0.2) is 12.2 Å². The summed E-state index contributed by atoms with van der Waals surface area (Å²) in [4.78, 5) is 0. The van der Waals surface area contributed by atoms with Crippen molar-refractivity contribution in [2.24, 2.45) is 5.92 Å². The Morgan fingerprint density at radius 3 is 2.74 bits per heavy atom. The van der Waals surface area contributed by atoms with E-state index < -0.39 is 11.9 Å². The van der Waals surface area contributed by atoms with E-state index in [0.29, 0.717) is 17.9 Å². The van der Waals surface area contributed by atoms with Gasteiger partial charge in [-0.2, -0.15) is 0 Å². The molecule has 1 aliphatic rings. The van der Waals surface area contributed by atoms with Crippen LogP contribution >= 0.6 is 0 Å². The molecule has 0 bridgehead atoms. The maximum atomic E-state index is 14.0. The van der Waals surface area contributed by atoms with Gasteiger partial charge in [0.1, 0.15) is 0 Å². The van der Waals surface area contributed by atoms with Crippen molar-refractivity contribution in [2.75, 3.05) is 7.11 Å².